The molecule has 1 saturated carbocycles. The van der Waals surface area contributed by atoms with Crippen LogP contribution in [0.3, 0.4) is 0 Å². The van der Waals surface area contributed by atoms with Gasteiger partial charge < -0.3 is 0 Å². The molecule has 4 heteroatoms. The van der Waals surface area contributed by atoms with Gasteiger partial charge in [0.1, 0.15) is 15.8 Å². The highest BCUT2D eigenvalue weighted by Gasteiger charge is 2.25. The van der Waals surface area contributed by atoms with Crippen molar-refractivity contribution < 1.29 is 0 Å². The summed E-state index contributed by atoms with van der Waals surface area (Å²) in [5.74, 6) is 2.37. The van der Waals surface area contributed by atoms with Gasteiger partial charge in [0.15, 0.2) is 0 Å². The lowest BCUT2D eigenvalue weighted by Gasteiger charge is -2.25. The molecule has 0 bridgehead atoms. The van der Waals surface area contributed by atoms with Crippen molar-refractivity contribution in [2.45, 2.75) is 64.2 Å². The molecule has 0 aromatic carbocycles. The maximum Gasteiger partial charge on any atom is 0.141 e. The lowest BCUT2D eigenvalue weighted by atomic mass is 9.82. The molecule has 0 atom stereocenters. The van der Waals surface area contributed by atoms with Crippen LogP contribution in [-0.4, -0.2) is 9.97 Å². The van der Waals surface area contributed by atoms with E-state index in [0.29, 0.717) is 11.1 Å². The van der Waals surface area contributed by atoms with Gasteiger partial charge in [-0.05, 0) is 50.0 Å². The standard InChI is InChI=1S/C17H21ClN2S/c1-10-6-8-11(9-7-10)16-19-15(18)14-12-4-2-3-5-13(12)21-17(14)20-16/h10-11H,2-9H2,1H3. The van der Waals surface area contributed by atoms with Gasteiger partial charge in [-0.2, -0.15) is 0 Å². The Bertz CT molecular complexity index is 671. The Labute approximate surface area is 134 Å². The zero-order chi connectivity index (χ0) is 14.4. The number of aryl methyl sites for hydroxylation is 2. The van der Waals surface area contributed by atoms with E-state index in [0.717, 1.165) is 28.4 Å². The third-order valence-electron chi connectivity index (χ3n) is 5.17. The van der Waals surface area contributed by atoms with Gasteiger partial charge in [-0.3, -0.25) is 0 Å². The molecule has 2 aliphatic rings. The predicted octanol–water partition coefficient (Wildman–Crippen LogP) is 5.52. The summed E-state index contributed by atoms with van der Waals surface area (Å²) in [6.07, 6.45) is 9.95. The lowest BCUT2D eigenvalue weighted by molar-refractivity contribution is 0.340. The molecule has 0 unspecified atom stereocenters. The molecule has 2 aliphatic carbocycles. The number of rotatable bonds is 1. The molecule has 2 aromatic rings. The van der Waals surface area contributed by atoms with Crippen LogP contribution in [0.4, 0.5) is 0 Å². The van der Waals surface area contributed by atoms with Crippen molar-refractivity contribution in [1.29, 1.82) is 0 Å². The summed E-state index contributed by atoms with van der Waals surface area (Å²) in [6.45, 7) is 2.35. The Kier molecular flexibility index (Phi) is 3.66. The van der Waals surface area contributed by atoms with Crippen molar-refractivity contribution in [3.05, 3.63) is 21.4 Å². The molecule has 112 valence electrons. The molecule has 2 nitrogen and oxygen atoms in total. The van der Waals surface area contributed by atoms with Crippen molar-refractivity contribution >= 4 is 33.2 Å². The highest BCUT2D eigenvalue weighted by Crippen LogP contribution is 2.40. The van der Waals surface area contributed by atoms with Crippen LogP contribution in [0.15, 0.2) is 0 Å². The fraction of sp³-hybridized carbons (Fsp3) is 0.647. The van der Waals surface area contributed by atoms with Gasteiger partial charge >= 0.3 is 0 Å². The molecule has 0 aliphatic heterocycles. The summed E-state index contributed by atoms with van der Waals surface area (Å²) < 4.78 is 0. The van der Waals surface area contributed by atoms with E-state index < -0.39 is 0 Å². The van der Waals surface area contributed by atoms with E-state index in [4.69, 9.17) is 21.6 Å². The minimum atomic E-state index is 0.516. The van der Waals surface area contributed by atoms with Gasteiger partial charge in [0.05, 0.1) is 5.39 Å². The molecule has 2 heterocycles. The molecule has 0 spiro atoms. The maximum absolute atomic E-state index is 6.54. The summed E-state index contributed by atoms with van der Waals surface area (Å²) in [4.78, 5) is 12.2. The molecule has 1 fully saturated rings. The average Bonchev–Trinajstić information content (AvgIpc) is 2.86. The second kappa shape index (κ2) is 5.51. The predicted molar refractivity (Wildman–Crippen MR) is 89.4 cm³/mol. The molecule has 0 N–H and O–H groups in total. The highest BCUT2D eigenvalue weighted by atomic mass is 35.5. The first-order chi connectivity index (χ1) is 10.2. The number of aromatic nitrogens is 2. The van der Waals surface area contributed by atoms with Crippen LogP contribution < -0.4 is 0 Å². The first kappa shape index (κ1) is 14.0. The normalized spacial score (nSPS) is 26.0. The van der Waals surface area contributed by atoms with Crippen LogP contribution in [0.25, 0.3) is 10.2 Å². The molecule has 21 heavy (non-hydrogen) atoms. The van der Waals surface area contributed by atoms with Gasteiger partial charge in [0.25, 0.3) is 0 Å². The SMILES string of the molecule is CC1CCC(c2nc(Cl)c3c4c(sc3n2)CCCC4)CC1. The summed E-state index contributed by atoms with van der Waals surface area (Å²) >= 11 is 8.40. The molecular formula is C17H21ClN2S. The van der Waals surface area contributed by atoms with Gasteiger partial charge in [-0.15, -0.1) is 11.3 Å². The van der Waals surface area contributed by atoms with Crippen molar-refractivity contribution in [3.63, 3.8) is 0 Å². The summed E-state index contributed by atoms with van der Waals surface area (Å²) in [5, 5.41) is 1.86. The molecule has 4 rings (SSSR count). The van der Waals surface area contributed by atoms with E-state index in [1.54, 1.807) is 0 Å². The monoisotopic (exact) mass is 320 g/mol. The first-order valence-corrected chi connectivity index (χ1v) is 9.39. The van der Waals surface area contributed by atoms with E-state index in [1.807, 2.05) is 11.3 Å². The van der Waals surface area contributed by atoms with Crippen molar-refractivity contribution in [1.82, 2.24) is 9.97 Å². The zero-order valence-electron chi connectivity index (χ0n) is 12.5. The number of thiophene rings is 1. The lowest BCUT2D eigenvalue weighted by Crippen LogP contribution is -2.13. The summed E-state index contributed by atoms with van der Waals surface area (Å²) in [7, 11) is 0. The van der Waals surface area contributed by atoms with E-state index >= 15 is 0 Å². The maximum atomic E-state index is 6.54. The number of hydrogen-bond acceptors (Lipinski definition) is 3. The van der Waals surface area contributed by atoms with E-state index in [2.05, 4.69) is 6.92 Å². The van der Waals surface area contributed by atoms with Crippen LogP contribution in [0, 0.1) is 5.92 Å². The van der Waals surface area contributed by atoms with Gasteiger partial charge in [0.2, 0.25) is 0 Å². The van der Waals surface area contributed by atoms with Gasteiger partial charge in [-0.25, -0.2) is 9.97 Å². The Morgan fingerprint density at radius 2 is 1.81 bits per heavy atom. The van der Waals surface area contributed by atoms with Crippen molar-refractivity contribution in [2.75, 3.05) is 0 Å². The van der Waals surface area contributed by atoms with Crippen LogP contribution in [0.5, 0.6) is 0 Å². The van der Waals surface area contributed by atoms with Crippen LogP contribution >= 0.6 is 22.9 Å². The number of halogens is 1. The largest absolute Gasteiger partial charge is 0.222 e. The third-order valence-corrected chi connectivity index (χ3v) is 6.63. The second-order valence-electron chi connectivity index (χ2n) is 6.72. The zero-order valence-corrected chi connectivity index (χ0v) is 14.1. The summed E-state index contributed by atoms with van der Waals surface area (Å²) in [6, 6.07) is 0. The topological polar surface area (TPSA) is 25.8 Å². The van der Waals surface area contributed by atoms with E-state index in [-0.39, 0.29) is 0 Å². The second-order valence-corrected chi connectivity index (χ2v) is 8.16. The Balaban J connectivity index is 1.75. The number of hydrogen-bond donors (Lipinski definition) is 0. The van der Waals surface area contributed by atoms with Crippen LogP contribution in [-0.2, 0) is 12.8 Å². The fourth-order valence-corrected chi connectivity index (χ4v) is 5.44. The Hall–Kier alpha value is -0.670. The quantitative estimate of drug-likeness (QED) is 0.647. The molecular weight excluding hydrogens is 300 g/mol. The minimum Gasteiger partial charge on any atom is -0.222 e. The fourth-order valence-electron chi connectivity index (χ4n) is 3.83. The van der Waals surface area contributed by atoms with Crippen LogP contribution in [0.2, 0.25) is 5.15 Å². The smallest absolute Gasteiger partial charge is 0.141 e. The first-order valence-electron chi connectivity index (χ1n) is 8.20. The Morgan fingerprint density at radius 3 is 2.62 bits per heavy atom. The number of fused-ring (bicyclic) bond motifs is 3. The molecule has 2 aromatic heterocycles. The molecule has 0 radical (unpaired) electrons. The minimum absolute atomic E-state index is 0.516. The average molecular weight is 321 g/mol. The third kappa shape index (κ3) is 2.49. The number of nitrogens with zero attached hydrogens (tertiary/aromatic N) is 2. The van der Waals surface area contributed by atoms with Crippen LogP contribution in [0.1, 0.15) is 67.6 Å². The highest BCUT2D eigenvalue weighted by molar-refractivity contribution is 7.19. The van der Waals surface area contributed by atoms with Gasteiger partial charge in [-0.1, -0.05) is 31.4 Å². The van der Waals surface area contributed by atoms with Crippen molar-refractivity contribution in [3.8, 4) is 0 Å². The molecule has 0 amide bonds. The van der Waals surface area contributed by atoms with Gasteiger partial charge in [0, 0.05) is 10.8 Å². The van der Waals surface area contributed by atoms with E-state index in [1.165, 1.54) is 55.4 Å². The Morgan fingerprint density at radius 1 is 1.05 bits per heavy atom. The summed E-state index contributed by atoms with van der Waals surface area (Å²) in [5.41, 5.74) is 1.44. The van der Waals surface area contributed by atoms with E-state index in [9.17, 15) is 0 Å². The van der Waals surface area contributed by atoms with Crippen molar-refractivity contribution in [2.24, 2.45) is 5.92 Å². The molecule has 0 saturated heterocycles.